The van der Waals surface area contributed by atoms with Crippen molar-refractivity contribution in [3.05, 3.63) is 0 Å². The first-order valence-corrected chi connectivity index (χ1v) is 4.67. The topological polar surface area (TPSA) is 9.23 Å². The van der Waals surface area contributed by atoms with Gasteiger partial charge in [-0.2, -0.15) is 0 Å². The fourth-order valence-electron chi connectivity index (χ4n) is 0.911. The summed E-state index contributed by atoms with van der Waals surface area (Å²) in [6.07, 6.45) is 3.49. The Morgan fingerprint density at radius 3 is 2.11 bits per heavy atom. The summed E-state index contributed by atoms with van der Waals surface area (Å²) in [4.78, 5) is 0. The molecule has 0 bridgehead atoms. The van der Waals surface area contributed by atoms with Gasteiger partial charge in [0.05, 0.1) is 0 Å². The molecule has 4 heteroatoms. The normalized spacial score (nSPS) is 22.0. The third-order valence-electron chi connectivity index (χ3n) is 1.85. The van der Waals surface area contributed by atoms with E-state index in [-0.39, 0.29) is 0 Å². The average molecular weight is 185 g/mol. The minimum Gasteiger partial charge on any atom is -0.398 e. The van der Waals surface area contributed by atoms with Gasteiger partial charge in [-0.3, -0.25) is 0 Å². The van der Waals surface area contributed by atoms with Crippen molar-refractivity contribution in [3.63, 3.8) is 0 Å². The van der Waals surface area contributed by atoms with Gasteiger partial charge in [-0.25, -0.2) is 0 Å². The van der Waals surface area contributed by atoms with E-state index in [2.05, 4.69) is 0 Å². The molecule has 1 fully saturated rings. The lowest BCUT2D eigenvalue weighted by Gasteiger charge is -2.35. The van der Waals surface area contributed by atoms with Gasteiger partial charge in [0.1, 0.15) is 10.5 Å². The third kappa shape index (κ3) is 1.61. The Kier molecular flexibility index (Phi) is 2.43. The summed E-state index contributed by atoms with van der Waals surface area (Å²) in [5, 5.41) is 0. The zero-order chi connectivity index (χ0) is 6.91. The van der Waals surface area contributed by atoms with E-state index in [0.29, 0.717) is 16.4 Å². The molecule has 54 valence electrons. The van der Waals surface area contributed by atoms with E-state index in [1.165, 1.54) is 6.42 Å². The summed E-state index contributed by atoms with van der Waals surface area (Å²) in [5.41, 5.74) is 0. The van der Waals surface area contributed by atoms with Gasteiger partial charge >= 0.3 is 0 Å². The molecular formula is C5H10Cl2OSi. The molecular weight excluding hydrogens is 175 g/mol. The van der Waals surface area contributed by atoms with E-state index in [9.17, 15) is 0 Å². The highest BCUT2D eigenvalue weighted by Crippen LogP contribution is 2.43. The van der Waals surface area contributed by atoms with Crippen LogP contribution in [0, 0.1) is 5.92 Å². The van der Waals surface area contributed by atoms with Crippen molar-refractivity contribution in [1.82, 2.24) is 0 Å². The average Bonchev–Trinajstić information content (AvgIpc) is 1.60. The molecule has 1 aliphatic carbocycles. The maximum atomic E-state index is 5.80. The molecule has 0 saturated heterocycles. The minimum atomic E-state index is -0.857. The van der Waals surface area contributed by atoms with E-state index in [0.717, 1.165) is 12.8 Å². The van der Waals surface area contributed by atoms with Crippen LogP contribution in [0.15, 0.2) is 0 Å². The van der Waals surface area contributed by atoms with Crippen LogP contribution < -0.4 is 0 Å². The van der Waals surface area contributed by atoms with Crippen LogP contribution >= 0.6 is 23.2 Å². The number of halogens is 2. The van der Waals surface area contributed by atoms with Crippen LogP contribution in [0.1, 0.15) is 19.3 Å². The van der Waals surface area contributed by atoms with Crippen molar-refractivity contribution < 1.29 is 4.43 Å². The molecule has 0 aromatic carbocycles. The van der Waals surface area contributed by atoms with Crippen molar-refractivity contribution in [1.29, 1.82) is 0 Å². The molecule has 0 heterocycles. The van der Waals surface area contributed by atoms with Gasteiger partial charge in [0.25, 0.3) is 0 Å². The second kappa shape index (κ2) is 2.78. The molecule has 1 saturated carbocycles. The number of rotatable bonds is 2. The monoisotopic (exact) mass is 184 g/mol. The summed E-state index contributed by atoms with van der Waals surface area (Å²) in [6, 6.07) is 0. The fourth-order valence-corrected chi connectivity index (χ4v) is 1.68. The Balaban J connectivity index is 2.37. The van der Waals surface area contributed by atoms with E-state index < -0.39 is 4.52 Å². The highest BCUT2D eigenvalue weighted by atomic mass is 35.5. The van der Waals surface area contributed by atoms with Crippen LogP contribution in [0.25, 0.3) is 0 Å². The molecule has 1 aliphatic rings. The lowest BCUT2D eigenvalue weighted by atomic mass is 9.86. The predicted octanol–water partition coefficient (Wildman–Crippen LogP) is 1.21. The minimum absolute atomic E-state index is 0.387. The molecule has 1 rings (SSSR count). The molecule has 0 N–H and O–H groups in total. The Labute approximate surface area is 68.2 Å². The zero-order valence-corrected chi connectivity index (χ0v) is 8.87. The highest BCUT2D eigenvalue weighted by Gasteiger charge is 2.38. The van der Waals surface area contributed by atoms with Crippen LogP contribution in [-0.4, -0.2) is 15.0 Å². The zero-order valence-electron chi connectivity index (χ0n) is 5.36. The van der Waals surface area contributed by atoms with Crippen molar-refractivity contribution >= 4 is 33.7 Å². The largest absolute Gasteiger partial charge is 0.398 e. The molecule has 0 aromatic heterocycles. The van der Waals surface area contributed by atoms with Crippen molar-refractivity contribution in [2.24, 2.45) is 5.92 Å². The lowest BCUT2D eigenvalue weighted by molar-refractivity contribution is 0.123. The SMILES string of the molecule is [SiH3]OC(Cl)(Cl)C1CCC1. The van der Waals surface area contributed by atoms with Crippen molar-refractivity contribution in [2.75, 3.05) is 0 Å². The Bertz CT molecular complexity index is 103. The summed E-state index contributed by atoms with van der Waals surface area (Å²) in [5.74, 6) is 0.387. The van der Waals surface area contributed by atoms with Gasteiger partial charge in [-0.15, -0.1) is 0 Å². The summed E-state index contributed by atoms with van der Waals surface area (Å²) < 4.78 is 4.15. The van der Waals surface area contributed by atoms with Crippen LogP contribution in [0.5, 0.6) is 0 Å². The van der Waals surface area contributed by atoms with Crippen LogP contribution in [0.4, 0.5) is 0 Å². The molecule has 0 unspecified atom stereocenters. The van der Waals surface area contributed by atoms with Gasteiger partial charge in [0.15, 0.2) is 0 Å². The molecule has 1 nitrogen and oxygen atoms in total. The molecule has 0 aliphatic heterocycles. The van der Waals surface area contributed by atoms with Gasteiger partial charge in [-0.05, 0) is 12.8 Å². The molecule has 0 aromatic rings. The smallest absolute Gasteiger partial charge is 0.210 e. The second-order valence-corrected chi connectivity index (χ2v) is 4.12. The Hall–Kier alpha value is 0.757. The number of hydrogen-bond acceptors (Lipinski definition) is 1. The van der Waals surface area contributed by atoms with E-state index >= 15 is 0 Å². The standard InChI is InChI=1S/C5H10Cl2OSi/c6-5(7,8-9)4-2-1-3-4/h4H,1-3H2,9H3. The molecule has 9 heavy (non-hydrogen) atoms. The first-order valence-electron chi connectivity index (χ1n) is 3.10. The molecule has 0 spiro atoms. The second-order valence-electron chi connectivity index (χ2n) is 2.39. The van der Waals surface area contributed by atoms with E-state index in [4.69, 9.17) is 27.6 Å². The van der Waals surface area contributed by atoms with E-state index in [1.54, 1.807) is 0 Å². The highest BCUT2D eigenvalue weighted by molar-refractivity contribution is 6.48. The lowest BCUT2D eigenvalue weighted by Crippen LogP contribution is -2.33. The van der Waals surface area contributed by atoms with Crippen LogP contribution in [-0.2, 0) is 4.43 Å². The maximum absolute atomic E-state index is 5.80. The van der Waals surface area contributed by atoms with Crippen LogP contribution in [0.3, 0.4) is 0 Å². The molecule has 0 radical (unpaired) electrons. The maximum Gasteiger partial charge on any atom is 0.210 e. The van der Waals surface area contributed by atoms with Crippen molar-refractivity contribution in [2.45, 2.75) is 23.8 Å². The molecule has 0 atom stereocenters. The van der Waals surface area contributed by atoms with E-state index in [1.807, 2.05) is 0 Å². The summed E-state index contributed by atoms with van der Waals surface area (Å²) in [6.45, 7) is 0. The number of hydrogen-bond donors (Lipinski definition) is 0. The summed E-state index contributed by atoms with van der Waals surface area (Å²) in [7, 11) is 0.620. The Morgan fingerprint density at radius 2 is 2.00 bits per heavy atom. The van der Waals surface area contributed by atoms with Gasteiger partial charge in [-0.1, -0.05) is 29.6 Å². The van der Waals surface area contributed by atoms with Gasteiger partial charge in [0, 0.05) is 5.92 Å². The van der Waals surface area contributed by atoms with Gasteiger partial charge in [0.2, 0.25) is 4.52 Å². The quantitative estimate of drug-likeness (QED) is 0.464. The number of alkyl halides is 2. The van der Waals surface area contributed by atoms with Gasteiger partial charge < -0.3 is 4.43 Å². The fraction of sp³-hybridized carbons (Fsp3) is 1.00. The Morgan fingerprint density at radius 1 is 1.44 bits per heavy atom. The first kappa shape index (κ1) is 7.86. The first-order chi connectivity index (χ1) is 4.17. The molecule has 0 amide bonds. The van der Waals surface area contributed by atoms with Crippen molar-refractivity contribution in [3.8, 4) is 0 Å². The summed E-state index contributed by atoms with van der Waals surface area (Å²) >= 11 is 11.6. The third-order valence-corrected chi connectivity index (χ3v) is 3.94. The predicted molar refractivity (Wildman–Crippen MR) is 42.8 cm³/mol. The van der Waals surface area contributed by atoms with Crippen LogP contribution in [0.2, 0.25) is 0 Å².